The second kappa shape index (κ2) is 4.45. The number of carbonyl (C=O) groups excluding carboxylic acids is 1. The van der Waals surface area contributed by atoms with E-state index in [0.717, 1.165) is 0 Å². The minimum atomic E-state index is -0.500. The van der Waals surface area contributed by atoms with Crippen molar-refractivity contribution in [1.82, 2.24) is 4.90 Å². The Bertz CT molecular complexity index is 353. The Hall–Kier alpha value is -1.42. The molecule has 1 aliphatic rings. The van der Waals surface area contributed by atoms with Gasteiger partial charge in [0, 0.05) is 29.5 Å². The van der Waals surface area contributed by atoms with E-state index in [4.69, 9.17) is 10.3 Å². The van der Waals surface area contributed by atoms with E-state index in [9.17, 15) is 4.79 Å². The molecule has 1 fully saturated rings. The Morgan fingerprint density at radius 2 is 2.18 bits per heavy atom. The lowest BCUT2D eigenvalue weighted by atomic mass is 9.75. The third-order valence-electron chi connectivity index (χ3n) is 2.80. The number of likely N-dealkylation sites (tertiary alicyclic amines) is 1. The highest BCUT2D eigenvalue weighted by molar-refractivity contribution is 5.70. The van der Waals surface area contributed by atoms with Crippen molar-refractivity contribution >= 4 is 6.09 Å². The van der Waals surface area contributed by atoms with E-state index >= 15 is 0 Å². The van der Waals surface area contributed by atoms with Crippen molar-refractivity contribution in [3.63, 3.8) is 0 Å². The maximum absolute atomic E-state index is 11.9. The number of hydrogen-bond acceptors (Lipinski definition) is 3. The summed E-state index contributed by atoms with van der Waals surface area (Å²) in [5, 5.41) is 3.55. The second-order valence-electron chi connectivity index (χ2n) is 6.03. The number of nitrogens with zero attached hydrogens (tertiary/aromatic N) is 4. The number of hydrogen-bond donors (Lipinski definition) is 0. The number of amides is 1. The lowest BCUT2D eigenvalue weighted by molar-refractivity contribution is -0.0603. The molecular formula is C11H20N4O2. The molecule has 1 atom stereocenters. The van der Waals surface area contributed by atoms with E-state index in [1.165, 1.54) is 0 Å². The average molecular weight is 240 g/mol. The smallest absolute Gasteiger partial charge is 0.410 e. The highest BCUT2D eigenvalue weighted by Crippen LogP contribution is 2.38. The first-order valence-electron chi connectivity index (χ1n) is 5.68. The van der Waals surface area contributed by atoms with Gasteiger partial charge in [0.15, 0.2) is 0 Å². The number of azide groups is 1. The zero-order valence-electron chi connectivity index (χ0n) is 11.1. The van der Waals surface area contributed by atoms with Crippen LogP contribution in [0, 0.1) is 5.41 Å². The molecule has 1 heterocycles. The molecule has 0 aromatic heterocycles. The fourth-order valence-corrected chi connectivity index (χ4v) is 1.94. The molecule has 1 unspecified atom stereocenters. The van der Waals surface area contributed by atoms with Crippen molar-refractivity contribution in [2.75, 3.05) is 13.1 Å². The van der Waals surface area contributed by atoms with Gasteiger partial charge in [0.25, 0.3) is 0 Å². The van der Waals surface area contributed by atoms with Crippen LogP contribution in [0.25, 0.3) is 10.4 Å². The molecule has 1 saturated heterocycles. The van der Waals surface area contributed by atoms with Gasteiger partial charge < -0.3 is 9.64 Å². The summed E-state index contributed by atoms with van der Waals surface area (Å²) in [6.07, 6.45) is -0.338. The SMILES string of the molecule is CC(C)(C)OC(=O)N1CC(C)(C)C1CN=[N+]=[N-]. The molecular weight excluding hydrogens is 220 g/mol. The van der Waals surface area contributed by atoms with Crippen LogP contribution in [0.5, 0.6) is 0 Å². The third-order valence-corrected chi connectivity index (χ3v) is 2.80. The molecule has 1 aliphatic heterocycles. The molecule has 96 valence electrons. The van der Waals surface area contributed by atoms with Gasteiger partial charge in [-0.2, -0.15) is 0 Å². The molecule has 0 aromatic rings. The van der Waals surface area contributed by atoms with E-state index in [1.807, 2.05) is 34.6 Å². The van der Waals surface area contributed by atoms with Gasteiger partial charge in [0.2, 0.25) is 0 Å². The monoisotopic (exact) mass is 240 g/mol. The van der Waals surface area contributed by atoms with Gasteiger partial charge in [-0.3, -0.25) is 0 Å². The summed E-state index contributed by atoms with van der Waals surface area (Å²) < 4.78 is 5.30. The summed E-state index contributed by atoms with van der Waals surface area (Å²) in [7, 11) is 0. The Morgan fingerprint density at radius 3 is 2.59 bits per heavy atom. The summed E-state index contributed by atoms with van der Waals surface area (Å²) in [6, 6.07) is -0.0757. The zero-order valence-corrected chi connectivity index (χ0v) is 11.1. The summed E-state index contributed by atoms with van der Waals surface area (Å²) in [6.45, 7) is 10.5. The van der Waals surface area contributed by atoms with Crippen molar-refractivity contribution in [3.05, 3.63) is 10.4 Å². The number of ether oxygens (including phenoxy) is 1. The van der Waals surface area contributed by atoms with Crippen molar-refractivity contribution in [2.24, 2.45) is 10.5 Å². The largest absolute Gasteiger partial charge is 0.444 e. The molecule has 0 aliphatic carbocycles. The predicted octanol–water partition coefficient (Wildman–Crippen LogP) is 2.94. The van der Waals surface area contributed by atoms with Crippen molar-refractivity contribution in [2.45, 2.75) is 46.3 Å². The second-order valence-corrected chi connectivity index (χ2v) is 6.03. The molecule has 17 heavy (non-hydrogen) atoms. The van der Waals surface area contributed by atoms with Crippen LogP contribution in [-0.2, 0) is 4.74 Å². The van der Waals surface area contributed by atoms with Crippen LogP contribution in [0.4, 0.5) is 4.79 Å². The minimum absolute atomic E-state index is 0.0227. The molecule has 0 aromatic carbocycles. The maximum Gasteiger partial charge on any atom is 0.410 e. The van der Waals surface area contributed by atoms with Gasteiger partial charge in [-0.05, 0) is 26.3 Å². The average Bonchev–Trinajstić information content (AvgIpc) is 2.12. The fourth-order valence-electron chi connectivity index (χ4n) is 1.94. The van der Waals surface area contributed by atoms with Crippen LogP contribution in [0.15, 0.2) is 5.11 Å². The first-order valence-corrected chi connectivity index (χ1v) is 5.68. The van der Waals surface area contributed by atoms with Crippen LogP contribution < -0.4 is 0 Å². The summed E-state index contributed by atoms with van der Waals surface area (Å²) in [5.41, 5.74) is 7.82. The first kappa shape index (κ1) is 13.6. The van der Waals surface area contributed by atoms with Gasteiger partial charge >= 0.3 is 6.09 Å². The highest BCUT2D eigenvalue weighted by Gasteiger charge is 2.48. The topological polar surface area (TPSA) is 78.3 Å². The predicted molar refractivity (Wildman–Crippen MR) is 64.5 cm³/mol. The maximum atomic E-state index is 11.9. The van der Waals surface area contributed by atoms with E-state index in [1.54, 1.807) is 4.90 Å². The normalized spacial score (nSPS) is 22.4. The number of carbonyl (C=O) groups is 1. The van der Waals surface area contributed by atoms with Crippen LogP contribution in [0.1, 0.15) is 34.6 Å². The molecule has 0 bridgehead atoms. The van der Waals surface area contributed by atoms with Crippen LogP contribution >= 0.6 is 0 Å². The summed E-state index contributed by atoms with van der Waals surface area (Å²) in [4.78, 5) is 16.2. The third kappa shape index (κ3) is 3.27. The summed E-state index contributed by atoms with van der Waals surface area (Å²) >= 11 is 0. The van der Waals surface area contributed by atoms with E-state index in [-0.39, 0.29) is 17.6 Å². The molecule has 6 nitrogen and oxygen atoms in total. The lowest BCUT2D eigenvalue weighted by Crippen LogP contribution is -2.65. The van der Waals surface area contributed by atoms with Crippen molar-refractivity contribution in [1.29, 1.82) is 0 Å². The van der Waals surface area contributed by atoms with Crippen LogP contribution in [-0.4, -0.2) is 35.7 Å². The summed E-state index contributed by atoms with van der Waals surface area (Å²) in [5.74, 6) is 0. The van der Waals surface area contributed by atoms with Crippen molar-refractivity contribution in [3.8, 4) is 0 Å². The number of rotatable bonds is 2. The van der Waals surface area contributed by atoms with Crippen LogP contribution in [0.3, 0.4) is 0 Å². The van der Waals surface area contributed by atoms with Gasteiger partial charge in [-0.1, -0.05) is 19.0 Å². The van der Waals surface area contributed by atoms with Gasteiger partial charge in [0.1, 0.15) is 5.60 Å². The Labute approximate surface area is 102 Å². The highest BCUT2D eigenvalue weighted by atomic mass is 16.6. The molecule has 6 heteroatoms. The molecule has 0 spiro atoms. The van der Waals surface area contributed by atoms with E-state index in [2.05, 4.69) is 10.0 Å². The van der Waals surface area contributed by atoms with E-state index < -0.39 is 5.60 Å². The fraction of sp³-hybridized carbons (Fsp3) is 0.909. The first-order chi connectivity index (χ1) is 7.67. The Kier molecular flexibility index (Phi) is 3.57. The quantitative estimate of drug-likeness (QED) is 0.422. The van der Waals surface area contributed by atoms with E-state index in [0.29, 0.717) is 13.1 Å². The molecule has 1 rings (SSSR count). The minimum Gasteiger partial charge on any atom is -0.444 e. The van der Waals surface area contributed by atoms with Gasteiger partial charge in [-0.15, -0.1) is 0 Å². The standard InChI is InChI=1S/C11H20N4O2/c1-10(2,3)17-9(16)15-7-11(4,5)8(15)6-13-14-12/h8H,6-7H2,1-5H3. The van der Waals surface area contributed by atoms with Gasteiger partial charge in [-0.25, -0.2) is 4.79 Å². The van der Waals surface area contributed by atoms with Crippen LogP contribution in [0.2, 0.25) is 0 Å². The Morgan fingerprint density at radius 1 is 1.59 bits per heavy atom. The molecule has 0 N–H and O–H groups in total. The van der Waals surface area contributed by atoms with Crippen molar-refractivity contribution < 1.29 is 9.53 Å². The molecule has 0 saturated carbocycles. The molecule has 0 radical (unpaired) electrons. The Balaban J connectivity index is 2.66. The lowest BCUT2D eigenvalue weighted by Gasteiger charge is -2.53. The zero-order chi connectivity index (χ0) is 13.3. The molecule has 1 amide bonds. The van der Waals surface area contributed by atoms with Gasteiger partial charge in [0.05, 0.1) is 0 Å².